The molecule has 0 heterocycles. The summed E-state index contributed by atoms with van der Waals surface area (Å²) in [6.07, 6.45) is 2.91. The molecule has 0 bridgehead atoms. The maximum atomic E-state index is 12.8. The highest BCUT2D eigenvalue weighted by atomic mass is 16.2. The minimum Gasteiger partial charge on any atom is -0.355 e. The number of amides is 1. The molecule has 1 saturated carbocycles. The lowest BCUT2D eigenvalue weighted by atomic mass is 9.91. The van der Waals surface area contributed by atoms with Crippen LogP contribution < -0.4 is 5.32 Å². The fourth-order valence-electron chi connectivity index (χ4n) is 3.54. The van der Waals surface area contributed by atoms with Gasteiger partial charge in [-0.3, -0.25) is 4.79 Å². The van der Waals surface area contributed by atoms with E-state index < -0.39 is 0 Å². The summed E-state index contributed by atoms with van der Waals surface area (Å²) in [4.78, 5) is 12.8. The first-order valence-electron chi connectivity index (χ1n) is 8.93. The molecule has 1 amide bonds. The molecule has 0 spiro atoms. The molecule has 2 aromatic rings. The van der Waals surface area contributed by atoms with E-state index in [1.165, 1.54) is 22.3 Å². The molecular weight excluding hydrogens is 294 g/mol. The van der Waals surface area contributed by atoms with Crippen LogP contribution in [-0.4, -0.2) is 12.5 Å². The molecule has 2 nitrogen and oxygen atoms in total. The maximum Gasteiger partial charge on any atom is 0.230 e. The number of carbonyl (C=O) groups is 1. The van der Waals surface area contributed by atoms with Crippen LogP contribution in [0.15, 0.2) is 48.5 Å². The Bertz CT molecular complexity index is 696. The van der Waals surface area contributed by atoms with Crippen LogP contribution >= 0.6 is 0 Å². The van der Waals surface area contributed by atoms with Gasteiger partial charge in [0.2, 0.25) is 5.91 Å². The van der Waals surface area contributed by atoms with Crippen LogP contribution in [0.1, 0.15) is 54.4 Å². The molecule has 126 valence electrons. The van der Waals surface area contributed by atoms with Gasteiger partial charge < -0.3 is 5.32 Å². The van der Waals surface area contributed by atoms with Gasteiger partial charge in [0.15, 0.2) is 0 Å². The van der Waals surface area contributed by atoms with Crippen molar-refractivity contribution in [3.63, 3.8) is 0 Å². The molecule has 24 heavy (non-hydrogen) atoms. The van der Waals surface area contributed by atoms with Crippen molar-refractivity contribution in [2.24, 2.45) is 0 Å². The summed E-state index contributed by atoms with van der Waals surface area (Å²) in [7, 11) is 0. The average molecular weight is 321 g/mol. The number of hydrogen-bond donors (Lipinski definition) is 1. The molecule has 2 heteroatoms. The molecule has 3 rings (SSSR count). The number of hydrogen-bond acceptors (Lipinski definition) is 1. The van der Waals surface area contributed by atoms with Crippen molar-refractivity contribution in [1.82, 2.24) is 5.32 Å². The molecule has 1 atom stereocenters. The van der Waals surface area contributed by atoms with Crippen LogP contribution in [0.2, 0.25) is 0 Å². The standard InChI is InChI=1S/C22H27NO/c1-16-13-17(2)15-20(14-16)22(10-11-22)21(24)23-12-9-18(3)19-7-5-4-6-8-19/h4-8,13-15,18H,9-12H2,1-3H3,(H,23,24). The SMILES string of the molecule is Cc1cc(C)cc(C2(C(=O)NCCC(C)c3ccccc3)CC2)c1. The lowest BCUT2D eigenvalue weighted by molar-refractivity contribution is -0.123. The van der Waals surface area contributed by atoms with Crippen LogP contribution in [0.5, 0.6) is 0 Å². The van der Waals surface area contributed by atoms with Crippen molar-refractivity contribution in [1.29, 1.82) is 0 Å². The second-order valence-corrected chi connectivity index (χ2v) is 7.31. The zero-order chi connectivity index (χ0) is 17.2. The van der Waals surface area contributed by atoms with Gasteiger partial charge in [0.1, 0.15) is 0 Å². The number of benzene rings is 2. The zero-order valence-corrected chi connectivity index (χ0v) is 14.9. The number of aryl methyl sites for hydroxylation is 2. The third-order valence-electron chi connectivity index (χ3n) is 5.19. The molecule has 0 saturated heterocycles. The lowest BCUT2D eigenvalue weighted by Crippen LogP contribution is -2.35. The summed E-state index contributed by atoms with van der Waals surface area (Å²) in [6, 6.07) is 17.0. The van der Waals surface area contributed by atoms with Crippen molar-refractivity contribution >= 4 is 5.91 Å². The lowest BCUT2D eigenvalue weighted by Gasteiger charge is -2.18. The van der Waals surface area contributed by atoms with Gasteiger partial charge in [-0.1, -0.05) is 66.6 Å². The van der Waals surface area contributed by atoms with Gasteiger partial charge in [-0.15, -0.1) is 0 Å². The van der Waals surface area contributed by atoms with E-state index in [2.05, 4.69) is 68.6 Å². The Morgan fingerprint density at radius 2 is 1.71 bits per heavy atom. The van der Waals surface area contributed by atoms with E-state index in [0.717, 1.165) is 25.8 Å². The highest BCUT2D eigenvalue weighted by Crippen LogP contribution is 2.48. The quantitative estimate of drug-likeness (QED) is 0.825. The van der Waals surface area contributed by atoms with Gasteiger partial charge >= 0.3 is 0 Å². The Balaban J connectivity index is 1.59. The molecule has 1 aliphatic rings. The van der Waals surface area contributed by atoms with E-state index in [1.54, 1.807) is 0 Å². The summed E-state index contributed by atoms with van der Waals surface area (Å²) in [5, 5.41) is 3.18. The minimum absolute atomic E-state index is 0.202. The fraction of sp³-hybridized carbons (Fsp3) is 0.409. The molecule has 1 N–H and O–H groups in total. The third-order valence-corrected chi connectivity index (χ3v) is 5.19. The molecule has 2 aromatic carbocycles. The minimum atomic E-state index is -0.271. The number of nitrogens with one attached hydrogen (secondary N) is 1. The number of rotatable bonds is 6. The molecule has 1 unspecified atom stereocenters. The smallest absolute Gasteiger partial charge is 0.230 e. The first-order chi connectivity index (χ1) is 11.5. The third kappa shape index (κ3) is 3.53. The van der Waals surface area contributed by atoms with Crippen molar-refractivity contribution in [3.05, 3.63) is 70.8 Å². The Morgan fingerprint density at radius 1 is 1.08 bits per heavy atom. The van der Waals surface area contributed by atoms with E-state index in [9.17, 15) is 4.79 Å². The van der Waals surface area contributed by atoms with Gasteiger partial charge in [0, 0.05) is 6.54 Å². The van der Waals surface area contributed by atoms with E-state index in [0.29, 0.717) is 5.92 Å². The second-order valence-electron chi connectivity index (χ2n) is 7.31. The Hall–Kier alpha value is -2.09. The first kappa shape index (κ1) is 16.8. The van der Waals surface area contributed by atoms with Crippen molar-refractivity contribution in [3.8, 4) is 0 Å². The summed E-state index contributed by atoms with van der Waals surface area (Å²) in [5.41, 5.74) is 4.73. The maximum absolute atomic E-state index is 12.8. The van der Waals surface area contributed by atoms with Gasteiger partial charge in [0.25, 0.3) is 0 Å². The van der Waals surface area contributed by atoms with Crippen molar-refractivity contribution in [2.45, 2.75) is 51.4 Å². The van der Waals surface area contributed by atoms with Gasteiger partial charge in [-0.05, 0) is 50.2 Å². The second kappa shape index (κ2) is 6.80. The summed E-state index contributed by atoms with van der Waals surface area (Å²) < 4.78 is 0. The molecule has 0 aromatic heterocycles. The largest absolute Gasteiger partial charge is 0.355 e. The topological polar surface area (TPSA) is 29.1 Å². The summed E-state index contributed by atoms with van der Waals surface area (Å²) >= 11 is 0. The molecule has 0 radical (unpaired) electrons. The summed E-state index contributed by atoms with van der Waals surface area (Å²) in [6.45, 7) is 7.16. The van der Waals surface area contributed by atoms with Crippen LogP contribution in [0.3, 0.4) is 0 Å². The Kier molecular flexibility index (Phi) is 4.75. The van der Waals surface area contributed by atoms with Gasteiger partial charge in [-0.25, -0.2) is 0 Å². The molecular formula is C22H27NO. The van der Waals surface area contributed by atoms with Crippen molar-refractivity contribution in [2.75, 3.05) is 6.54 Å². The monoisotopic (exact) mass is 321 g/mol. The fourth-order valence-corrected chi connectivity index (χ4v) is 3.54. The average Bonchev–Trinajstić information content (AvgIpc) is 3.36. The van der Waals surface area contributed by atoms with Crippen LogP contribution in [-0.2, 0) is 10.2 Å². The number of carbonyl (C=O) groups excluding carboxylic acids is 1. The Labute approximate surface area is 145 Å². The summed E-state index contributed by atoms with van der Waals surface area (Å²) in [5.74, 6) is 0.663. The van der Waals surface area contributed by atoms with Gasteiger partial charge in [0.05, 0.1) is 5.41 Å². The normalized spacial score (nSPS) is 16.5. The predicted octanol–water partition coefficient (Wildman–Crippen LogP) is 4.65. The Morgan fingerprint density at radius 3 is 2.29 bits per heavy atom. The molecule has 1 fully saturated rings. The highest BCUT2D eigenvalue weighted by molar-refractivity contribution is 5.91. The van der Waals surface area contributed by atoms with Crippen LogP contribution in [0.25, 0.3) is 0 Å². The van der Waals surface area contributed by atoms with E-state index in [-0.39, 0.29) is 11.3 Å². The van der Waals surface area contributed by atoms with E-state index in [1.807, 2.05) is 6.07 Å². The predicted molar refractivity (Wildman–Crippen MR) is 99.3 cm³/mol. The van der Waals surface area contributed by atoms with E-state index in [4.69, 9.17) is 0 Å². The molecule has 0 aliphatic heterocycles. The molecule has 1 aliphatic carbocycles. The van der Waals surface area contributed by atoms with Gasteiger partial charge in [-0.2, -0.15) is 0 Å². The zero-order valence-electron chi connectivity index (χ0n) is 14.9. The first-order valence-corrected chi connectivity index (χ1v) is 8.93. The highest BCUT2D eigenvalue weighted by Gasteiger charge is 2.51. The van der Waals surface area contributed by atoms with Crippen LogP contribution in [0.4, 0.5) is 0 Å². The van der Waals surface area contributed by atoms with Crippen molar-refractivity contribution < 1.29 is 4.79 Å². The van der Waals surface area contributed by atoms with E-state index >= 15 is 0 Å². The van der Waals surface area contributed by atoms with Crippen LogP contribution in [0, 0.1) is 13.8 Å².